The van der Waals surface area contributed by atoms with Crippen molar-refractivity contribution in [2.24, 2.45) is 0 Å². The van der Waals surface area contributed by atoms with E-state index in [1.54, 1.807) is 36.0 Å². The van der Waals surface area contributed by atoms with Crippen LogP contribution in [0.25, 0.3) is 5.65 Å². The number of carbonyl (C=O) groups excluding carboxylic acids is 2. The number of rotatable bonds is 8. The summed E-state index contributed by atoms with van der Waals surface area (Å²) in [7, 11) is 0. The van der Waals surface area contributed by atoms with Gasteiger partial charge in [0.05, 0.1) is 6.04 Å². The average Bonchev–Trinajstić information content (AvgIpc) is 3.15. The first kappa shape index (κ1) is 21.6. The van der Waals surface area contributed by atoms with Crippen molar-refractivity contribution >= 4 is 35.0 Å². The summed E-state index contributed by atoms with van der Waals surface area (Å²) < 4.78 is 1.89. The molecular formula is C21H26N6O2S. The topological polar surface area (TPSA) is 100 Å². The van der Waals surface area contributed by atoms with Crippen molar-refractivity contribution in [2.75, 3.05) is 17.3 Å². The quantitative estimate of drug-likeness (QED) is 0.512. The molecule has 0 spiro atoms. The number of fused-ring (bicyclic) bond motifs is 1. The van der Waals surface area contributed by atoms with Crippen molar-refractivity contribution in [2.45, 2.75) is 32.4 Å². The van der Waals surface area contributed by atoms with Crippen LogP contribution in [-0.2, 0) is 0 Å². The first-order valence-electron chi connectivity index (χ1n) is 9.75. The SMILES string of the molecule is CSCCC(NC(=O)c1ccc(NC(=O)NC(C)C)cc1)c1nnc2ccccn12. The van der Waals surface area contributed by atoms with Crippen LogP contribution in [0.1, 0.15) is 42.5 Å². The van der Waals surface area contributed by atoms with Crippen LogP contribution in [0.4, 0.5) is 10.5 Å². The molecule has 0 fully saturated rings. The molecule has 0 aliphatic heterocycles. The van der Waals surface area contributed by atoms with E-state index in [9.17, 15) is 9.59 Å². The molecule has 3 aromatic rings. The predicted octanol–water partition coefficient (Wildman–Crippen LogP) is 3.48. The second kappa shape index (κ2) is 10.1. The summed E-state index contributed by atoms with van der Waals surface area (Å²) in [5.41, 5.74) is 1.87. The van der Waals surface area contributed by atoms with E-state index < -0.39 is 0 Å². The van der Waals surface area contributed by atoms with Crippen LogP contribution in [0.3, 0.4) is 0 Å². The van der Waals surface area contributed by atoms with Gasteiger partial charge in [0.15, 0.2) is 11.5 Å². The molecule has 0 bridgehead atoms. The lowest BCUT2D eigenvalue weighted by Crippen LogP contribution is -2.34. The van der Waals surface area contributed by atoms with E-state index >= 15 is 0 Å². The number of pyridine rings is 1. The number of carbonyl (C=O) groups is 2. The average molecular weight is 427 g/mol. The molecule has 2 aromatic heterocycles. The Morgan fingerprint density at radius 2 is 1.83 bits per heavy atom. The van der Waals surface area contributed by atoms with E-state index in [0.717, 1.165) is 17.8 Å². The van der Waals surface area contributed by atoms with Crippen LogP contribution >= 0.6 is 11.8 Å². The van der Waals surface area contributed by atoms with Crippen molar-refractivity contribution in [3.8, 4) is 0 Å². The molecule has 0 radical (unpaired) electrons. The van der Waals surface area contributed by atoms with Gasteiger partial charge < -0.3 is 16.0 Å². The largest absolute Gasteiger partial charge is 0.342 e. The van der Waals surface area contributed by atoms with Gasteiger partial charge in [0.25, 0.3) is 5.91 Å². The Bertz CT molecular complexity index is 1000. The van der Waals surface area contributed by atoms with Crippen LogP contribution in [0.5, 0.6) is 0 Å². The molecule has 1 aromatic carbocycles. The van der Waals surface area contributed by atoms with Gasteiger partial charge in [-0.3, -0.25) is 9.20 Å². The van der Waals surface area contributed by atoms with Crippen LogP contribution in [-0.4, -0.2) is 44.6 Å². The molecule has 1 atom stereocenters. The Balaban J connectivity index is 1.72. The van der Waals surface area contributed by atoms with Gasteiger partial charge in [-0.1, -0.05) is 6.07 Å². The first-order chi connectivity index (χ1) is 14.5. The second-order valence-electron chi connectivity index (χ2n) is 7.13. The minimum Gasteiger partial charge on any atom is -0.342 e. The van der Waals surface area contributed by atoms with Crippen LogP contribution in [0, 0.1) is 0 Å². The monoisotopic (exact) mass is 426 g/mol. The number of amides is 3. The van der Waals surface area contributed by atoms with Crippen molar-refractivity contribution in [3.05, 3.63) is 60.0 Å². The van der Waals surface area contributed by atoms with E-state index in [-0.39, 0.29) is 24.0 Å². The Kier molecular flexibility index (Phi) is 7.29. The van der Waals surface area contributed by atoms with E-state index in [0.29, 0.717) is 17.1 Å². The number of aromatic nitrogens is 3. The Morgan fingerprint density at radius 1 is 1.07 bits per heavy atom. The predicted molar refractivity (Wildman–Crippen MR) is 120 cm³/mol. The molecule has 0 aliphatic rings. The molecule has 0 saturated heterocycles. The molecule has 3 N–H and O–H groups in total. The maximum Gasteiger partial charge on any atom is 0.319 e. The summed E-state index contributed by atoms with van der Waals surface area (Å²) in [6.45, 7) is 3.78. The first-order valence-corrected chi connectivity index (χ1v) is 11.1. The fourth-order valence-corrected chi connectivity index (χ4v) is 3.45. The van der Waals surface area contributed by atoms with Crippen molar-refractivity contribution in [1.82, 2.24) is 25.2 Å². The number of urea groups is 1. The molecule has 30 heavy (non-hydrogen) atoms. The van der Waals surface area contributed by atoms with Gasteiger partial charge in [0.2, 0.25) is 0 Å². The van der Waals surface area contributed by atoms with E-state index in [1.165, 1.54) is 0 Å². The van der Waals surface area contributed by atoms with Gasteiger partial charge >= 0.3 is 6.03 Å². The second-order valence-corrected chi connectivity index (χ2v) is 8.11. The third-order valence-corrected chi connectivity index (χ3v) is 5.04. The van der Waals surface area contributed by atoms with Crippen LogP contribution in [0.2, 0.25) is 0 Å². The van der Waals surface area contributed by atoms with Crippen molar-refractivity contribution in [3.63, 3.8) is 0 Å². The highest BCUT2D eigenvalue weighted by Crippen LogP contribution is 2.19. The van der Waals surface area contributed by atoms with Gasteiger partial charge in [-0.25, -0.2) is 4.79 Å². The van der Waals surface area contributed by atoms with Gasteiger partial charge in [-0.15, -0.1) is 10.2 Å². The molecule has 0 saturated carbocycles. The summed E-state index contributed by atoms with van der Waals surface area (Å²) >= 11 is 1.71. The minimum absolute atomic E-state index is 0.0431. The highest BCUT2D eigenvalue weighted by atomic mass is 32.2. The van der Waals surface area contributed by atoms with Gasteiger partial charge in [0, 0.05) is 23.5 Å². The normalized spacial score (nSPS) is 12.0. The zero-order valence-electron chi connectivity index (χ0n) is 17.3. The highest BCUT2D eigenvalue weighted by Gasteiger charge is 2.21. The lowest BCUT2D eigenvalue weighted by molar-refractivity contribution is 0.0934. The zero-order valence-corrected chi connectivity index (χ0v) is 18.1. The Hall–Kier alpha value is -3.07. The molecular weight excluding hydrogens is 400 g/mol. The number of nitrogens with one attached hydrogen (secondary N) is 3. The van der Waals surface area contributed by atoms with E-state index in [2.05, 4.69) is 26.1 Å². The lowest BCUT2D eigenvalue weighted by Gasteiger charge is -2.17. The summed E-state index contributed by atoms with van der Waals surface area (Å²) in [6.07, 6.45) is 4.66. The zero-order chi connectivity index (χ0) is 21.5. The number of benzene rings is 1. The third-order valence-electron chi connectivity index (χ3n) is 4.39. The molecule has 158 valence electrons. The molecule has 1 unspecified atom stereocenters. The van der Waals surface area contributed by atoms with Crippen molar-refractivity contribution < 1.29 is 9.59 Å². The van der Waals surface area contributed by atoms with E-state index in [1.807, 2.05) is 48.9 Å². The maximum absolute atomic E-state index is 12.9. The summed E-state index contributed by atoms with van der Waals surface area (Å²) in [4.78, 5) is 24.7. The Morgan fingerprint density at radius 3 is 2.53 bits per heavy atom. The number of nitrogens with zero attached hydrogens (tertiary/aromatic N) is 3. The minimum atomic E-state index is -0.280. The number of thioether (sulfide) groups is 1. The fourth-order valence-electron chi connectivity index (χ4n) is 2.97. The molecule has 2 heterocycles. The van der Waals surface area contributed by atoms with Gasteiger partial charge in [-0.05, 0) is 68.7 Å². The number of hydrogen-bond acceptors (Lipinski definition) is 5. The van der Waals surface area contributed by atoms with Gasteiger partial charge in [0.1, 0.15) is 0 Å². The van der Waals surface area contributed by atoms with Gasteiger partial charge in [-0.2, -0.15) is 11.8 Å². The molecule has 8 nitrogen and oxygen atoms in total. The third kappa shape index (κ3) is 5.50. The molecule has 3 amide bonds. The highest BCUT2D eigenvalue weighted by molar-refractivity contribution is 7.98. The van der Waals surface area contributed by atoms with Crippen LogP contribution < -0.4 is 16.0 Å². The molecule has 0 aliphatic carbocycles. The lowest BCUT2D eigenvalue weighted by atomic mass is 10.1. The summed E-state index contributed by atoms with van der Waals surface area (Å²) in [6, 6.07) is 12.0. The van der Waals surface area contributed by atoms with Crippen LogP contribution in [0.15, 0.2) is 48.7 Å². The summed E-state index contributed by atoms with van der Waals surface area (Å²) in [5.74, 6) is 1.38. The number of hydrogen-bond donors (Lipinski definition) is 3. The summed E-state index contributed by atoms with van der Waals surface area (Å²) in [5, 5.41) is 17.1. The fraction of sp³-hybridized carbons (Fsp3) is 0.333. The smallest absolute Gasteiger partial charge is 0.319 e. The maximum atomic E-state index is 12.9. The van der Waals surface area contributed by atoms with E-state index in [4.69, 9.17) is 0 Å². The standard InChI is InChI=1S/C21H26N6O2S/c1-14(2)22-21(29)23-16-9-7-15(8-10-16)20(28)24-17(11-13-30-3)19-26-25-18-6-4-5-12-27(18)19/h4-10,12,14,17H,11,13H2,1-3H3,(H,24,28)(H2,22,23,29). The Labute approximate surface area is 179 Å². The van der Waals surface area contributed by atoms with Crippen molar-refractivity contribution in [1.29, 1.82) is 0 Å². The molecule has 9 heteroatoms. The molecule has 3 rings (SSSR count). The number of anilines is 1.